The van der Waals surface area contributed by atoms with Crippen LogP contribution in [0.5, 0.6) is 0 Å². The molecule has 2 N–H and O–H groups in total. The molecule has 0 bridgehead atoms. The molecule has 0 saturated carbocycles. The van der Waals surface area contributed by atoms with E-state index in [0.29, 0.717) is 0 Å². The number of likely N-dealkylation sites (tertiary alicyclic amines) is 1. The molecule has 3 heterocycles. The first-order valence-corrected chi connectivity index (χ1v) is 9.41. The third-order valence-corrected chi connectivity index (χ3v) is 5.90. The van der Waals surface area contributed by atoms with Crippen molar-refractivity contribution in [3.05, 3.63) is 17.5 Å². The van der Waals surface area contributed by atoms with E-state index in [1.807, 2.05) is 4.90 Å². The molecule has 2 aliphatic heterocycles. The highest BCUT2D eigenvalue weighted by atomic mass is 32.1. The van der Waals surface area contributed by atoms with Crippen molar-refractivity contribution in [3.63, 3.8) is 0 Å². The number of urea groups is 1. The average molecular weight is 337 g/mol. The molecule has 2 aliphatic rings. The number of hydrogen-bond donors (Lipinski definition) is 2. The number of rotatable bonds is 3. The maximum Gasteiger partial charge on any atom is 0.317 e. The molecule has 0 spiro atoms. The fourth-order valence-electron chi connectivity index (χ4n) is 3.70. The Morgan fingerprint density at radius 3 is 2.65 bits per heavy atom. The minimum atomic E-state index is -0.837. The van der Waals surface area contributed by atoms with Crippen LogP contribution in [0.2, 0.25) is 0 Å². The van der Waals surface area contributed by atoms with E-state index in [2.05, 4.69) is 27.7 Å². The third-order valence-electron chi connectivity index (χ3n) is 4.97. The highest BCUT2D eigenvalue weighted by Crippen LogP contribution is 2.28. The molecule has 1 aromatic rings. The Bertz CT molecular complexity index is 518. The van der Waals surface area contributed by atoms with E-state index >= 15 is 0 Å². The summed E-state index contributed by atoms with van der Waals surface area (Å²) in [6.07, 6.45) is 3.81. The smallest absolute Gasteiger partial charge is 0.317 e. The Labute approximate surface area is 142 Å². The number of anilines is 1. The van der Waals surface area contributed by atoms with Gasteiger partial charge in [0.1, 0.15) is 0 Å². The van der Waals surface area contributed by atoms with Gasteiger partial charge in [-0.2, -0.15) is 0 Å². The van der Waals surface area contributed by atoms with Gasteiger partial charge in [0.25, 0.3) is 0 Å². The predicted molar refractivity (Wildman–Crippen MR) is 94.1 cm³/mol. The first kappa shape index (κ1) is 16.6. The molecule has 6 heteroatoms. The van der Waals surface area contributed by atoms with Crippen LogP contribution in [0.25, 0.3) is 0 Å². The monoisotopic (exact) mass is 337 g/mol. The Kier molecular flexibility index (Phi) is 4.82. The van der Waals surface area contributed by atoms with Gasteiger partial charge in [0.2, 0.25) is 0 Å². The molecule has 0 aromatic carbocycles. The summed E-state index contributed by atoms with van der Waals surface area (Å²) < 4.78 is 0. The summed E-state index contributed by atoms with van der Waals surface area (Å²) in [5, 5.41) is 16.9. The first-order chi connectivity index (χ1) is 10.9. The second-order valence-corrected chi connectivity index (χ2v) is 8.09. The molecule has 5 nitrogen and oxygen atoms in total. The lowest BCUT2D eigenvalue weighted by atomic mass is 9.97. The van der Waals surface area contributed by atoms with E-state index in [9.17, 15) is 9.90 Å². The van der Waals surface area contributed by atoms with E-state index in [-0.39, 0.29) is 18.1 Å². The molecule has 1 unspecified atom stereocenters. The molecule has 1 atom stereocenters. The van der Waals surface area contributed by atoms with E-state index in [4.69, 9.17) is 0 Å². The normalized spacial score (nSPS) is 23.3. The van der Waals surface area contributed by atoms with E-state index < -0.39 is 5.60 Å². The lowest BCUT2D eigenvalue weighted by molar-refractivity contribution is 0.00935. The van der Waals surface area contributed by atoms with Crippen LogP contribution in [-0.2, 0) is 0 Å². The summed E-state index contributed by atoms with van der Waals surface area (Å²) in [6, 6.07) is 4.39. The van der Waals surface area contributed by atoms with Crippen molar-refractivity contribution >= 4 is 22.4 Å². The molecule has 2 saturated heterocycles. The number of piperidine rings is 1. The van der Waals surface area contributed by atoms with Gasteiger partial charge in [0.15, 0.2) is 0 Å². The van der Waals surface area contributed by atoms with Crippen LogP contribution in [0.3, 0.4) is 0 Å². The summed E-state index contributed by atoms with van der Waals surface area (Å²) in [6.45, 7) is 6.31. The van der Waals surface area contributed by atoms with Gasteiger partial charge in [0, 0.05) is 25.7 Å². The molecule has 0 aliphatic carbocycles. The van der Waals surface area contributed by atoms with Crippen LogP contribution < -0.4 is 10.2 Å². The number of nitrogens with one attached hydrogen (secondary N) is 1. The molecule has 0 radical (unpaired) electrons. The second-order valence-electron chi connectivity index (χ2n) is 7.17. The van der Waals surface area contributed by atoms with Crippen molar-refractivity contribution in [2.24, 2.45) is 0 Å². The van der Waals surface area contributed by atoms with E-state index in [0.717, 1.165) is 45.3 Å². The number of thiophene rings is 1. The van der Waals surface area contributed by atoms with Crippen LogP contribution in [0.4, 0.5) is 9.80 Å². The fourth-order valence-corrected chi connectivity index (χ4v) is 4.48. The Morgan fingerprint density at radius 2 is 2.04 bits per heavy atom. The van der Waals surface area contributed by atoms with Crippen molar-refractivity contribution < 1.29 is 9.90 Å². The van der Waals surface area contributed by atoms with Gasteiger partial charge in [-0.15, -0.1) is 11.3 Å². The summed E-state index contributed by atoms with van der Waals surface area (Å²) in [7, 11) is 0. The van der Waals surface area contributed by atoms with E-state index in [1.54, 1.807) is 25.2 Å². The SMILES string of the molecule is CC(C)(O)C1CCCN1C(=O)NC1CCN(c2cccs2)CC1. The number of aliphatic hydroxyl groups is 1. The van der Waals surface area contributed by atoms with Crippen molar-refractivity contribution in [2.75, 3.05) is 24.5 Å². The first-order valence-electron chi connectivity index (χ1n) is 8.53. The van der Waals surface area contributed by atoms with Gasteiger partial charge in [-0.05, 0) is 57.0 Å². The molecule has 2 amide bonds. The van der Waals surface area contributed by atoms with Gasteiger partial charge in [-0.1, -0.05) is 0 Å². The fraction of sp³-hybridized carbons (Fsp3) is 0.706. The van der Waals surface area contributed by atoms with Crippen molar-refractivity contribution in [1.82, 2.24) is 10.2 Å². The quantitative estimate of drug-likeness (QED) is 0.891. The van der Waals surface area contributed by atoms with Crippen molar-refractivity contribution in [3.8, 4) is 0 Å². The Balaban J connectivity index is 1.51. The zero-order chi connectivity index (χ0) is 16.4. The third kappa shape index (κ3) is 3.80. The van der Waals surface area contributed by atoms with E-state index in [1.165, 1.54) is 5.00 Å². The summed E-state index contributed by atoms with van der Waals surface area (Å²) in [4.78, 5) is 16.8. The molecular formula is C17H27N3O2S. The topological polar surface area (TPSA) is 55.8 Å². The highest BCUT2D eigenvalue weighted by Gasteiger charge is 2.39. The minimum Gasteiger partial charge on any atom is -0.388 e. The van der Waals surface area contributed by atoms with Gasteiger partial charge >= 0.3 is 6.03 Å². The number of nitrogens with zero attached hydrogens (tertiary/aromatic N) is 2. The molecular weight excluding hydrogens is 310 g/mol. The number of amides is 2. The second kappa shape index (κ2) is 6.69. The summed E-state index contributed by atoms with van der Waals surface area (Å²) >= 11 is 1.77. The lowest BCUT2D eigenvalue weighted by Crippen LogP contribution is -2.54. The largest absolute Gasteiger partial charge is 0.388 e. The minimum absolute atomic E-state index is 0.0100. The molecule has 1 aromatic heterocycles. The van der Waals surface area contributed by atoms with Crippen molar-refractivity contribution in [1.29, 1.82) is 0 Å². The maximum absolute atomic E-state index is 12.6. The summed E-state index contributed by atoms with van der Waals surface area (Å²) in [5.41, 5.74) is -0.837. The van der Waals surface area contributed by atoms with Crippen LogP contribution in [0.1, 0.15) is 39.5 Å². The number of carbonyl (C=O) groups excluding carboxylic acids is 1. The number of hydrogen-bond acceptors (Lipinski definition) is 4. The van der Waals surface area contributed by atoms with Crippen molar-refractivity contribution in [2.45, 2.75) is 57.2 Å². The van der Waals surface area contributed by atoms with Crippen LogP contribution in [0.15, 0.2) is 17.5 Å². The molecule has 2 fully saturated rings. The predicted octanol–water partition coefficient (Wildman–Crippen LogP) is 2.66. The zero-order valence-corrected chi connectivity index (χ0v) is 14.8. The molecule has 128 valence electrons. The van der Waals surface area contributed by atoms with Gasteiger partial charge in [-0.3, -0.25) is 0 Å². The van der Waals surface area contributed by atoms with Crippen LogP contribution in [0, 0.1) is 0 Å². The average Bonchev–Trinajstić information content (AvgIpc) is 3.19. The van der Waals surface area contributed by atoms with Gasteiger partial charge < -0.3 is 20.2 Å². The zero-order valence-electron chi connectivity index (χ0n) is 14.0. The Hall–Kier alpha value is -1.27. The highest BCUT2D eigenvalue weighted by molar-refractivity contribution is 7.14. The van der Waals surface area contributed by atoms with Gasteiger partial charge in [0.05, 0.1) is 16.6 Å². The number of carbonyl (C=O) groups is 1. The summed E-state index contributed by atoms with van der Waals surface area (Å²) in [5.74, 6) is 0. The molecule has 23 heavy (non-hydrogen) atoms. The van der Waals surface area contributed by atoms with Crippen LogP contribution in [-0.4, -0.2) is 53.4 Å². The Morgan fingerprint density at radius 1 is 1.30 bits per heavy atom. The standard InChI is InChI=1S/C17H27N3O2S/c1-17(2,22)14-5-3-9-20(14)16(21)18-13-7-10-19(11-8-13)15-6-4-12-23-15/h4,6,12-14,22H,3,5,7-11H2,1-2H3,(H,18,21). The maximum atomic E-state index is 12.6. The lowest BCUT2D eigenvalue weighted by Gasteiger charge is -2.37. The van der Waals surface area contributed by atoms with Crippen LogP contribution >= 0.6 is 11.3 Å². The van der Waals surface area contributed by atoms with Gasteiger partial charge in [-0.25, -0.2) is 4.79 Å². The molecule has 3 rings (SSSR count).